The fraction of sp³-hybridized carbons (Fsp3) is 0.233. The zero-order chi connectivity index (χ0) is 24.2. The molecule has 186 valence electrons. The van der Waals surface area contributed by atoms with Crippen LogP contribution in [0.15, 0.2) is 78.9 Å². The average molecular weight is 506 g/mol. The third kappa shape index (κ3) is 5.53. The van der Waals surface area contributed by atoms with Gasteiger partial charge in [0, 0.05) is 23.2 Å². The van der Waals surface area contributed by atoms with Gasteiger partial charge in [0.25, 0.3) is 0 Å². The minimum atomic E-state index is -0.392. The van der Waals surface area contributed by atoms with E-state index in [4.69, 9.17) is 4.74 Å². The van der Waals surface area contributed by atoms with E-state index >= 15 is 0 Å². The summed E-state index contributed by atoms with van der Waals surface area (Å²) in [7, 11) is 0. The smallest absolute Gasteiger partial charge is 0.194 e. The number of carbonyl (C=O) groups excluding carboxylic acids is 1. The van der Waals surface area contributed by atoms with E-state index < -0.39 is 5.82 Å². The van der Waals surface area contributed by atoms with Crippen molar-refractivity contribution in [3.63, 3.8) is 0 Å². The first-order chi connectivity index (χ1) is 17.1. The van der Waals surface area contributed by atoms with Crippen molar-refractivity contribution in [3.05, 3.63) is 95.8 Å². The normalized spacial score (nSPS) is 13.8. The van der Waals surface area contributed by atoms with Crippen LogP contribution < -0.4 is 4.74 Å². The number of phenolic OH excluding ortho intramolecular Hbond substituents is 1. The van der Waals surface area contributed by atoms with Gasteiger partial charge in [-0.1, -0.05) is 36.8 Å². The van der Waals surface area contributed by atoms with Gasteiger partial charge < -0.3 is 9.84 Å². The number of piperidine rings is 1. The summed E-state index contributed by atoms with van der Waals surface area (Å²) in [4.78, 5) is 16.2. The van der Waals surface area contributed by atoms with Crippen LogP contribution in [0.5, 0.6) is 11.5 Å². The fourth-order valence-electron chi connectivity index (χ4n) is 4.79. The molecule has 4 nitrogen and oxygen atoms in total. The Morgan fingerprint density at radius 1 is 0.889 bits per heavy atom. The first kappa shape index (κ1) is 25.7. The highest BCUT2D eigenvalue weighted by atomic mass is 35.5. The van der Waals surface area contributed by atoms with Crippen LogP contribution >= 0.6 is 12.4 Å². The van der Waals surface area contributed by atoms with Crippen LogP contribution in [0, 0.1) is 5.82 Å². The van der Waals surface area contributed by atoms with E-state index in [9.17, 15) is 14.3 Å². The van der Waals surface area contributed by atoms with Crippen molar-refractivity contribution < 1.29 is 19.0 Å². The highest BCUT2D eigenvalue weighted by molar-refractivity contribution is 6.20. The number of nitrogens with zero attached hydrogens (tertiary/aromatic N) is 1. The summed E-state index contributed by atoms with van der Waals surface area (Å²) in [5, 5.41) is 11.3. The second-order valence-electron chi connectivity index (χ2n) is 8.98. The van der Waals surface area contributed by atoms with Gasteiger partial charge in [0.1, 0.15) is 23.9 Å². The fourth-order valence-corrected chi connectivity index (χ4v) is 4.79. The van der Waals surface area contributed by atoms with Crippen molar-refractivity contribution >= 4 is 29.0 Å². The number of ketones is 1. The van der Waals surface area contributed by atoms with E-state index in [-0.39, 0.29) is 23.9 Å². The molecule has 1 fully saturated rings. The largest absolute Gasteiger partial charge is 0.508 e. The van der Waals surface area contributed by atoms with Crippen molar-refractivity contribution in [2.45, 2.75) is 19.3 Å². The molecule has 0 radical (unpaired) electrons. The molecule has 5 rings (SSSR count). The molecule has 4 aromatic rings. The summed E-state index contributed by atoms with van der Waals surface area (Å²) in [5.74, 6) is 0.230. The molecule has 1 aliphatic rings. The number of hydrogen-bond donors (Lipinski definition) is 1. The van der Waals surface area contributed by atoms with Crippen molar-refractivity contribution in [2.75, 3.05) is 26.2 Å². The molecule has 0 atom stereocenters. The standard InChI is InChI=1S/C30H28FNO3.ClH/c31-28-7-3-2-6-26(28)27-14-10-22-20-23(33)11-15-25(22)29(27)30(34)21-8-12-24(13-9-21)35-19-18-32-16-4-1-5-17-32;/h2-3,6-15,20,33H,1,4-5,16-19H2;1H. The average Bonchev–Trinajstić information content (AvgIpc) is 2.89. The number of carbonyl (C=O) groups is 1. The number of rotatable bonds is 7. The quantitative estimate of drug-likeness (QED) is 0.278. The van der Waals surface area contributed by atoms with E-state index in [1.54, 1.807) is 60.7 Å². The summed E-state index contributed by atoms with van der Waals surface area (Å²) in [5.41, 5.74) is 1.79. The van der Waals surface area contributed by atoms with Gasteiger partial charge in [0.2, 0.25) is 0 Å². The van der Waals surface area contributed by atoms with Crippen molar-refractivity contribution in [2.24, 2.45) is 0 Å². The Morgan fingerprint density at radius 3 is 2.39 bits per heavy atom. The summed E-state index contributed by atoms with van der Waals surface area (Å²) in [6, 6.07) is 22.0. The van der Waals surface area contributed by atoms with Gasteiger partial charge in [-0.05, 0) is 90.8 Å². The third-order valence-electron chi connectivity index (χ3n) is 6.64. The molecule has 1 aliphatic heterocycles. The number of ether oxygens (including phenoxy) is 1. The van der Waals surface area contributed by atoms with Crippen LogP contribution in [0.4, 0.5) is 4.39 Å². The topological polar surface area (TPSA) is 49.8 Å². The highest BCUT2D eigenvalue weighted by Gasteiger charge is 2.20. The molecule has 4 aromatic carbocycles. The van der Waals surface area contributed by atoms with Crippen molar-refractivity contribution in [1.82, 2.24) is 4.90 Å². The van der Waals surface area contributed by atoms with E-state index in [2.05, 4.69) is 4.90 Å². The van der Waals surface area contributed by atoms with E-state index in [1.165, 1.54) is 25.3 Å². The third-order valence-corrected chi connectivity index (χ3v) is 6.64. The Hall–Kier alpha value is -3.41. The van der Waals surface area contributed by atoms with Crippen molar-refractivity contribution in [3.8, 4) is 22.6 Å². The van der Waals surface area contributed by atoms with Crippen LogP contribution in [0.25, 0.3) is 21.9 Å². The lowest BCUT2D eigenvalue weighted by atomic mass is 9.89. The summed E-state index contributed by atoms with van der Waals surface area (Å²) in [6.45, 7) is 3.76. The molecule has 1 heterocycles. The van der Waals surface area contributed by atoms with Gasteiger partial charge in [-0.25, -0.2) is 4.39 Å². The molecule has 0 amide bonds. The number of fused-ring (bicyclic) bond motifs is 1. The Bertz CT molecular complexity index is 1350. The van der Waals surface area contributed by atoms with Crippen LogP contribution in [-0.2, 0) is 0 Å². The second-order valence-corrected chi connectivity index (χ2v) is 8.98. The zero-order valence-electron chi connectivity index (χ0n) is 20.0. The summed E-state index contributed by atoms with van der Waals surface area (Å²) in [6.07, 6.45) is 3.81. The lowest BCUT2D eigenvalue weighted by Crippen LogP contribution is -2.33. The molecule has 0 aromatic heterocycles. The molecule has 0 bridgehead atoms. The Kier molecular flexibility index (Phi) is 8.24. The molecule has 1 N–H and O–H groups in total. The second kappa shape index (κ2) is 11.5. The van der Waals surface area contributed by atoms with Gasteiger partial charge in [0.05, 0.1) is 0 Å². The van der Waals surface area contributed by atoms with Gasteiger partial charge in [0.15, 0.2) is 5.78 Å². The van der Waals surface area contributed by atoms with Crippen LogP contribution in [0.2, 0.25) is 0 Å². The van der Waals surface area contributed by atoms with Gasteiger partial charge in [-0.3, -0.25) is 9.69 Å². The molecular formula is C30H29ClFNO3. The lowest BCUT2D eigenvalue weighted by molar-refractivity contribution is 0.104. The number of hydrogen-bond acceptors (Lipinski definition) is 4. The van der Waals surface area contributed by atoms with E-state index in [0.717, 1.165) is 25.4 Å². The predicted octanol–water partition coefficient (Wildman–Crippen LogP) is 6.87. The monoisotopic (exact) mass is 505 g/mol. The summed E-state index contributed by atoms with van der Waals surface area (Å²) < 4.78 is 20.6. The van der Waals surface area contributed by atoms with Gasteiger partial charge in [-0.15, -0.1) is 12.4 Å². The number of benzene rings is 4. The molecule has 0 spiro atoms. The molecule has 1 saturated heterocycles. The van der Waals surface area contributed by atoms with Gasteiger partial charge in [-0.2, -0.15) is 0 Å². The minimum absolute atomic E-state index is 0. The first-order valence-electron chi connectivity index (χ1n) is 12.1. The maximum Gasteiger partial charge on any atom is 0.194 e. The number of phenols is 1. The first-order valence-corrected chi connectivity index (χ1v) is 12.1. The van der Waals surface area contributed by atoms with E-state index in [0.29, 0.717) is 39.6 Å². The molecular weight excluding hydrogens is 477 g/mol. The molecule has 36 heavy (non-hydrogen) atoms. The Morgan fingerprint density at radius 2 is 1.64 bits per heavy atom. The zero-order valence-corrected chi connectivity index (χ0v) is 20.8. The molecule has 6 heteroatoms. The maximum atomic E-state index is 14.7. The Labute approximate surface area is 216 Å². The van der Waals surface area contributed by atoms with Crippen LogP contribution in [0.1, 0.15) is 35.2 Å². The summed E-state index contributed by atoms with van der Waals surface area (Å²) >= 11 is 0. The predicted molar refractivity (Wildman–Crippen MR) is 144 cm³/mol. The van der Waals surface area contributed by atoms with Gasteiger partial charge >= 0.3 is 0 Å². The number of halogens is 2. The van der Waals surface area contributed by atoms with E-state index in [1.807, 2.05) is 12.1 Å². The van der Waals surface area contributed by atoms with Crippen molar-refractivity contribution in [1.29, 1.82) is 0 Å². The molecule has 0 unspecified atom stereocenters. The molecule has 0 saturated carbocycles. The number of likely N-dealkylation sites (tertiary alicyclic amines) is 1. The number of aromatic hydroxyl groups is 1. The SMILES string of the molecule is Cl.O=C(c1ccc(OCCN2CCCCC2)cc1)c1c(-c2ccccc2F)ccc2cc(O)ccc12. The molecule has 0 aliphatic carbocycles. The minimum Gasteiger partial charge on any atom is -0.508 e. The lowest BCUT2D eigenvalue weighted by Gasteiger charge is -2.26. The highest BCUT2D eigenvalue weighted by Crippen LogP contribution is 2.35. The maximum absolute atomic E-state index is 14.7. The van der Waals surface area contributed by atoms with Crippen LogP contribution in [0.3, 0.4) is 0 Å². The van der Waals surface area contributed by atoms with Crippen LogP contribution in [-0.4, -0.2) is 42.0 Å². The Balaban J connectivity index is 0.00000304.